The Labute approximate surface area is 174 Å². The molecule has 1 saturated heterocycles. The fraction of sp³-hybridized carbons (Fsp3) is 0.227. The Balaban J connectivity index is 1.88. The van der Waals surface area contributed by atoms with Gasteiger partial charge < -0.3 is 10.5 Å². The Morgan fingerprint density at radius 3 is 2.66 bits per heavy atom. The summed E-state index contributed by atoms with van der Waals surface area (Å²) in [5.74, 6) is 0.222. The van der Waals surface area contributed by atoms with Crippen LogP contribution in [-0.4, -0.2) is 35.0 Å². The third kappa shape index (κ3) is 5.71. The van der Waals surface area contributed by atoms with Gasteiger partial charge in [-0.25, -0.2) is 4.99 Å². The van der Waals surface area contributed by atoms with Gasteiger partial charge >= 0.3 is 0 Å². The highest BCUT2D eigenvalue weighted by Gasteiger charge is 2.33. The molecule has 0 bridgehead atoms. The molecule has 29 heavy (non-hydrogen) atoms. The first kappa shape index (κ1) is 20.7. The molecule has 2 N–H and O–H groups in total. The highest BCUT2D eigenvalue weighted by molar-refractivity contribution is 8.18. The number of amides is 2. The molecule has 0 aliphatic carbocycles. The second-order valence-electron chi connectivity index (χ2n) is 6.98. The third-order valence-electron chi connectivity index (χ3n) is 3.95. The average Bonchev–Trinajstić information content (AvgIpc) is 2.96. The zero-order chi connectivity index (χ0) is 20.8. The first-order valence-corrected chi connectivity index (χ1v) is 10.1. The summed E-state index contributed by atoms with van der Waals surface area (Å²) in [6.45, 7) is 4.54. The molecule has 1 aliphatic heterocycles. The Kier molecular flexibility index (Phi) is 6.72. The number of carbonyl (C=O) groups excluding carboxylic acids is 2. The smallest absolute Gasteiger partial charge is 0.266 e. The van der Waals surface area contributed by atoms with E-state index in [9.17, 15) is 9.59 Å². The van der Waals surface area contributed by atoms with Crippen molar-refractivity contribution in [3.8, 4) is 5.75 Å². The van der Waals surface area contributed by atoms with Crippen LogP contribution in [0.15, 0.2) is 64.5 Å². The van der Waals surface area contributed by atoms with Gasteiger partial charge in [-0.15, -0.1) is 0 Å². The van der Waals surface area contributed by atoms with Crippen LogP contribution >= 0.6 is 11.8 Å². The van der Waals surface area contributed by atoms with Crippen molar-refractivity contribution in [1.82, 2.24) is 4.90 Å². The monoisotopic (exact) mass is 409 g/mol. The molecule has 7 heteroatoms. The molecule has 0 atom stereocenters. The number of nitrogens with two attached hydrogens (primary N) is 1. The minimum atomic E-state index is -0.540. The van der Waals surface area contributed by atoms with E-state index >= 15 is 0 Å². The van der Waals surface area contributed by atoms with Crippen LogP contribution in [0.5, 0.6) is 5.75 Å². The number of hydrogen-bond donors (Lipinski definition) is 1. The molecule has 2 aromatic carbocycles. The predicted octanol–water partition coefficient (Wildman–Crippen LogP) is 3.81. The number of rotatable bonds is 7. The third-order valence-corrected chi connectivity index (χ3v) is 4.96. The molecule has 3 rings (SSSR count). The number of para-hydroxylation sites is 1. The van der Waals surface area contributed by atoms with Gasteiger partial charge in [-0.2, -0.15) is 0 Å². The van der Waals surface area contributed by atoms with E-state index in [-0.39, 0.29) is 12.5 Å². The van der Waals surface area contributed by atoms with Crippen LogP contribution in [0.4, 0.5) is 5.69 Å². The number of aliphatic imine (C=N–C) groups is 1. The molecule has 0 aromatic heterocycles. The summed E-state index contributed by atoms with van der Waals surface area (Å²) in [6.07, 6.45) is 1.81. The molecule has 1 aliphatic rings. The number of carbonyl (C=O) groups is 2. The topological polar surface area (TPSA) is 85.0 Å². The Morgan fingerprint density at radius 2 is 1.97 bits per heavy atom. The molecular formula is C22H23N3O3S. The number of amidine groups is 1. The lowest BCUT2D eigenvalue weighted by atomic mass is 10.2. The van der Waals surface area contributed by atoms with Crippen molar-refractivity contribution in [3.63, 3.8) is 0 Å². The standard InChI is InChI=1S/C22H23N3O3S/c1-15(2)13-25-21(27)19(29-22(25)24-17-8-4-3-5-9-17)12-16-7-6-10-18(11-16)28-14-20(23)26/h3-12,15H,13-14H2,1-2H3,(H2,23,26)/b19-12+,24-22?. The molecule has 150 valence electrons. The van der Waals surface area contributed by atoms with Gasteiger partial charge in [0.05, 0.1) is 10.6 Å². The normalized spacial score (nSPS) is 16.8. The van der Waals surface area contributed by atoms with E-state index in [0.717, 1.165) is 11.3 Å². The lowest BCUT2D eigenvalue weighted by Crippen LogP contribution is -2.32. The maximum atomic E-state index is 13.0. The molecular weight excluding hydrogens is 386 g/mol. The van der Waals surface area contributed by atoms with Crippen molar-refractivity contribution in [3.05, 3.63) is 65.1 Å². The van der Waals surface area contributed by atoms with Crippen LogP contribution in [-0.2, 0) is 9.59 Å². The SMILES string of the molecule is CC(C)CN1C(=O)/C(=C\c2cccc(OCC(N)=O)c2)SC1=Nc1ccccc1. The van der Waals surface area contributed by atoms with E-state index in [0.29, 0.717) is 28.3 Å². The van der Waals surface area contributed by atoms with E-state index in [2.05, 4.69) is 18.8 Å². The summed E-state index contributed by atoms with van der Waals surface area (Å²) in [5, 5.41) is 0.669. The van der Waals surface area contributed by atoms with Crippen LogP contribution in [0.2, 0.25) is 0 Å². The summed E-state index contributed by atoms with van der Waals surface area (Å²) in [5.41, 5.74) is 6.72. The minimum Gasteiger partial charge on any atom is -0.484 e. The highest BCUT2D eigenvalue weighted by atomic mass is 32.2. The van der Waals surface area contributed by atoms with Crippen molar-refractivity contribution in [1.29, 1.82) is 0 Å². The lowest BCUT2D eigenvalue weighted by molar-refractivity contribution is -0.122. The van der Waals surface area contributed by atoms with Gasteiger partial charge in [-0.05, 0) is 53.6 Å². The molecule has 0 saturated carbocycles. The van der Waals surface area contributed by atoms with E-state index in [1.54, 1.807) is 23.1 Å². The Bertz CT molecular complexity index is 955. The van der Waals surface area contributed by atoms with E-state index in [1.807, 2.05) is 42.5 Å². The number of hydrogen-bond acceptors (Lipinski definition) is 5. The minimum absolute atomic E-state index is 0.0677. The van der Waals surface area contributed by atoms with Gasteiger partial charge in [0.1, 0.15) is 5.75 Å². The number of primary amides is 1. The van der Waals surface area contributed by atoms with E-state index in [4.69, 9.17) is 10.5 Å². The molecule has 1 heterocycles. The van der Waals surface area contributed by atoms with Crippen LogP contribution < -0.4 is 10.5 Å². The highest BCUT2D eigenvalue weighted by Crippen LogP contribution is 2.35. The van der Waals surface area contributed by atoms with E-state index < -0.39 is 5.91 Å². The van der Waals surface area contributed by atoms with Crippen LogP contribution in [0, 0.1) is 5.92 Å². The van der Waals surface area contributed by atoms with Crippen molar-refractivity contribution in [2.75, 3.05) is 13.2 Å². The van der Waals surface area contributed by atoms with Gasteiger partial charge in [0, 0.05) is 6.54 Å². The van der Waals surface area contributed by atoms with Crippen LogP contribution in [0.3, 0.4) is 0 Å². The van der Waals surface area contributed by atoms with Crippen molar-refractivity contribution >= 4 is 40.5 Å². The summed E-state index contributed by atoms with van der Waals surface area (Å²) >= 11 is 1.36. The first-order chi connectivity index (χ1) is 13.9. The Hall–Kier alpha value is -3.06. The second-order valence-corrected chi connectivity index (χ2v) is 7.99. The molecule has 6 nitrogen and oxygen atoms in total. The maximum Gasteiger partial charge on any atom is 0.266 e. The van der Waals surface area contributed by atoms with Crippen molar-refractivity contribution < 1.29 is 14.3 Å². The lowest BCUT2D eigenvalue weighted by Gasteiger charge is -2.17. The summed E-state index contributed by atoms with van der Waals surface area (Å²) in [7, 11) is 0. The second kappa shape index (κ2) is 9.43. The molecule has 0 radical (unpaired) electrons. The number of benzene rings is 2. The van der Waals surface area contributed by atoms with Crippen molar-refractivity contribution in [2.45, 2.75) is 13.8 Å². The molecule has 0 spiro atoms. The van der Waals surface area contributed by atoms with Crippen molar-refractivity contribution in [2.24, 2.45) is 16.6 Å². The first-order valence-electron chi connectivity index (χ1n) is 9.28. The molecule has 2 aromatic rings. The van der Waals surface area contributed by atoms with Crippen LogP contribution in [0.1, 0.15) is 19.4 Å². The zero-order valence-corrected chi connectivity index (χ0v) is 17.2. The van der Waals surface area contributed by atoms with Gasteiger partial charge in [-0.1, -0.05) is 44.2 Å². The summed E-state index contributed by atoms with van der Waals surface area (Å²) < 4.78 is 5.34. The predicted molar refractivity (Wildman–Crippen MR) is 117 cm³/mol. The largest absolute Gasteiger partial charge is 0.484 e. The molecule has 1 fully saturated rings. The molecule has 0 unspecified atom stereocenters. The average molecular weight is 410 g/mol. The maximum absolute atomic E-state index is 13.0. The summed E-state index contributed by atoms with van der Waals surface area (Å²) in [4.78, 5) is 30.9. The zero-order valence-electron chi connectivity index (χ0n) is 16.4. The number of ether oxygens (including phenoxy) is 1. The van der Waals surface area contributed by atoms with Gasteiger partial charge in [-0.3, -0.25) is 14.5 Å². The number of thioether (sulfide) groups is 1. The fourth-order valence-corrected chi connectivity index (χ4v) is 3.74. The quantitative estimate of drug-likeness (QED) is 0.705. The van der Waals surface area contributed by atoms with Crippen LogP contribution in [0.25, 0.3) is 6.08 Å². The fourth-order valence-electron chi connectivity index (χ4n) is 2.73. The van der Waals surface area contributed by atoms with E-state index in [1.165, 1.54) is 11.8 Å². The Morgan fingerprint density at radius 1 is 1.21 bits per heavy atom. The number of nitrogens with zero attached hydrogens (tertiary/aromatic N) is 2. The summed E-state index contributed by atoms with van der Waals surface area (Å²) in [6, 6.07) is 16.8. The molecule has 2 amide bonds. The van der Waals surface area contributed by atoms with Gasteiger partial charge in [0.2, 0.25) is 0 Å². The van der Waals surface area contributed by atoms with Gasteiger partial charge in [0.15, 0.2) is 11.8 Å². The van der Waals surface area contributed by atoms with Gasteiger partial charge in [0.25, 0.3) is 11.8 Å².